The topological polar surface area (TPSA) is 112 Å². The summed E-state index contributed by atoms with van der Waals surface area (Å²) >= 11 is 1.31. The van der Waals surface area contributed by atoms with Crippen molar-refractivity contribution in [3.8, 4) is 16.5 Å². The third kappa shape index (κ3) is 6.47. The molecule has 2 aromatic rings. The molecule has 3 saturated heterocycles. The lowest BCUT2D eigenvalue weighted by molar-refractivity contribution is -0.154. The minimum absolute atomic E-state index is 0.0645. The quantitative estimate of drug-likeness (QED) is 0.431. The van der Waals surface area contributed by atoms with Crippen molar-refractivity contribution in [1.29, 1.82) is 5.26 Å². The molecule has 1 aromatic heterocycles. The van der Waals surface area contributed by atoms with Crippen LogP contribution in [0.15, 0.2) is 30.3 Å². The average molecular weight is 593 g/mol. The first-order valence-corrected chi connectivity index (χ1v) is 15.5. The van der Waals surface area contributed by atoms with Gasteiger partial charge in [0.15, 0.2) is 0 Å². The van der Waals surface area contributed by atoms with Crippen LogP contribution >= 0.6 is 11.3 Å². The van der Waals surface area contributed by atoms with Gasteiger partial charge in [0.2, 0.25) is 0 Å². The van der Waals surface area contributed by atoms with E-state index in [1.54, 1.807) is 32.9 Å². The van der Waals surface area contributed by atoms with Gasteiger partial charge >= 0.3 is 12.1 Å². The molecule has 5 rings (SSSR count). The third-order valence-corrected chi connectivity index (χ3v) is 9.42. The molecule has 3 aliphatic rings. The summed E-state index contributed by atoms with van der Waals surface area (Å²) in [5.74, 6) is -0.197. The standard InChI is InChI=1S/C32H40N4O5S/c1-30(2,3)41-29(39)34-26-24(17-25(42-26)22-9-7-21(18-33)8-10-22)27(37)35-15-11-23(12-16-35)36-14-6-13-32(20-36)19-31(4,5)40-28(32)38/h7-10,17,23H,6,11-16,19-20H2,1-5H3,(H,34,39). The Morgan fingerprint density at radius 2 is 1.83 bits per heavy atom. The van der Waals surface area contributed by atoms with E-state index in [0.29, 0.717) is 35.3 Å². The smallest absolute Gasteiger partial charge is 0.412 e. The van der Waals surface area contributed by atoms with Crippen molar-refractivity contribution in [1.82, 2.24) is 9.80 Å². The minimum atomic E-state index is -0.679. The average Bonchev–Trinajstić information content (AvgIpc) is 3.43. The summed E-state index contributed by atoms with van der Waals surface area (Å²) in [6.45, 7) is 12.2. The summed E-state index contributed by atoms with van der Waals surface area (Å²) in [6, 6.07) is 11.4. The summed E-state index contributed by atoms with van der Waals surface area (Å²) in [7, 11) is 0. The van der Waals surface area contributed by atoms with Crippen molar-refractivity contribution >= 4 is 34.3 Å². The van der Waals surface area contributed by atoms with Crippen molar-refractivity contribution in [2.75, 3.05) is 31.5 Å². The number of hydrogen-bond acceptors (Lipinski definition) is 8. The molecule has 3 aliphatic heterocycles. The second-order valence-corrected chi connectivity index (χ2v) is 14.4. The van der Waals surface area contributed by atoms with Gasteiger partial charge in [-0.25, -0.2) is 4.79 Å². The van der Waals surface area contributed by atoms with Gasteiger partial charge in [-0.2, -0.15) is 5.26 Å². The summed E-state index contributed by atoms with van der Waals surface area (Å²) in [5.41, 5.74) is 0.317. The third-order valence-electron chi connectivity index (χ3n) is 8.32. The normalized spacial score (nSPS) is 23.0. The van der Waals surface area contributed by atoms with Crippen LogP contribution in [0.25, 0.3) is 10.4 Å². The lowest BCUT2D eigenvalue weighted by atomic mass is 9.74. The number of likely N-dealkylation sites (tertiary alicyclic amines) is 2. The number of nitriles is 1. The van der Waals surface area contributed by atoms with Crippen LogP contribution in [-0.2, 0) is 14.3 Å². The lowest BCUT2D eigenvalue weighted by Crippen LogP contribution is -2.53. The van der Waals surface area contributed by atoms with E-state index in [1.165, 1.54) is 11.3 Å². The van der Waals surface area contributed by atoms with Crippen LogP contribution in [0.1, 0.15) is 82.6 Å². The van der Waals surface area contributed by atoms with Gasteiger partial charge in [0.25, 0.3) is 5.91 Å². The van der Waals surface area contributed by atoms with Crippen LogP contribution in [0.3, 0.4) is 0 Å². The zero-order chi connectivity index (χ0) is 30.3. The second kappa shape index (κ2) is 11.3. The SMILES string of the molecule is CC(C)(C)OC(=O)Nc1sc(-c2ccc(C#N)cc2)cc1C(=O)N1CCC(N2CCCC3(C2)CC(C)(C)OC3=O)CC1. The molecule has 0 radical (unpaired) electrons. The van der Waals surface area contributed by atoms with E-state index in [0.717, 1.165) is 55.6 Å². The van der Waals surface area contributed by atoms with E-state index in [-0.39, 0.29) is 11.9 Å². The monoisotopic (exact) mass is 592 g/mol. The largest absolute Gasteiger partial charge is 0.459 e. The number of amides is 2. The van der Waals surface area contributed by atoms with Gasteiger partial charge in [-0.1, -0.05) is 12.1 Å². The molecule has 2 amide bonds. The molecule has 1 N–H and O–H groups in total. The Balaban J connectivity index is 1.30. The molecule has 1 spiro atoms. The molecular weight excluding hydrogens is 552 g/mol. The predicted octanol–water partition coefficient (Wildman–Crippen LogP) is 6.05. The zero-order valence-electron chi connectivity index (χ0n) is 25.1. The fourth-order valence-electron chi connectivity index (χ4n) is 6.57. The van der Waals surface area contributed by atoms with E-state index in [1.807, 2.05) is 36.9 Å². The van der Waals surface area contributed by atoms with Crippen molar-refractivity contribution in [3.63, 3.8) is 0 Å². The molecule has 4 heterocycles. The van der Waals surface area contributed by atoms with E-state index in [4.69, 9.17) is 14.7 Å². The van der Waals surface area contributed by atoms with Crippen LogP contribution in [0.5, 0.6) is 0 Å². The molecule has 1 unspecified atom stereocenters. The number of hydrogen-bond donors (Lipinski definition) is 1. The van der Waals surface area contributed by atoms with Gasteiger partial charge < -0.3 is 14.4 Å². The molecule has 0 bridgehead atoms. The number of carbonyl (C=O) groups is 3. The fraction of sp³-hybridized carbons (Fsp3) is 0.562. The van der Waals surface area contributed by atoms with Crippen LogP contribution < -0.4 is 5.32 Å². The van der Waals surface area contributed by atoms with Crippen LogP contribution in [0.4, 0.5) is 9.80 Å². The minimum Gasteiger partial charge on any atom is -0.459 e. The van der Waals surface area contributed by atoms with Crippen molar-refractivity contribution in [2.45, 2.75) is 84.0 Å². The Labute approximate surface area is 251 Å². The molecule has 224 valence electrons. The van der Waals surface area contributed by atoms with Gasteiger partial charge in [0.1, 0.15) is 16.2 Å². The molecule has 1 aromatic carbocycles. The summed E-state index contributed by atoms with van der Waals surface area (Å²) < 4.78 is 11.2. The molecule has 0 aliphatic carbocycles. The second-order valence-electron chi connectivity index (χ2n) is 13.4. The summed E-state index contributed by atoms with van der Waals surface area (Å²) in [6.07, 6.45) is 3.62. The van der Waals surface area contributed by atoms with Gasteiger partial charge in [-0.15, -0.1) is 11.3 Å². The lowest BCUT2D eigenvalue weighted by Gasteiger charge is -2.44. The number of esters is 1. The first kappa shape index (κ1) is 30.1. The number of ether oxygens (including phenoxy) is 2. The van der Waals surface area contributed by atoms with E-state index >= 15 is 0 Å². The van der Waals surface area contributed by atoms with Gasteiger partial charge in [-0.05, 0) is 90.6 Å². The number of piperidine rings is 2. The van der Waals surface area contributed by atoms with Crippen molar-refractivity contribution in [2.24, 2.45) is 5.41 Å². The Morgan fingerprint density at radius 1 is 1.14 bits per heavy atom. The number of benzene rings is 1. The van der Waals surface area contributed by atoms with Crippen molar-refractivity contribution in [3.05, 3.63) is 41.5 Å². The number of cyclic esters (lactones) is 1. The maximum Gasteiger partial charge on any atom is 0.412 e. The summed E-state index contributed by atoms with van der Waals surface area (Å²) in [4.78, 5) is 44.5. The van der Waals surface area contributed by atoms with Crippen molar-refractivity contribution < 1.29 is 23.9 Å². The van der Waals surface area contributed by atoms with Crippen LogP contribution in [0, 0.1) is 16.7 Å². The Kier molecular flexibility index (Phi) is 8.12. The van der Waals surface area contributed by atoms with Gasteiger partial charge in [-0.3, -0.25) is 19.8 Å². The number of anilines is 1. The molecule has 0 saturated carbocycles. The van der Waals surface area contributed by atoms with E-state index in [2.05, 4.69) is 16.3 Å². The van der Waals surface area contributed by atoms with Crippen LogP contribution in [0.2, 0.25) is 0 Å². The van der Waals surface area contributed by atoms with Gasteiger partial charge in [0.05, 0.1) is 22.6 Å². The zero-order valence-corrected chi connectivity index (χ0v) is 25.9. The first-order chi connectivity index (χ1) is 19.8. The van der Waals surface area contributed by atoms with Crippen LogP contribution in [-0.4, -0.2) is 71.2 Å². The molecule has 42 heavy (non-hydrogen) atoms. The Morgan fingerprint density at radius 3 is 2.43 bits per heavy atom. The highest BCUT2D eigenvalue weighted by molar-refractivity contribution is 7.20. The highest BCUT2D eigenvalue weighted by Gasteiger charge is 2.54. The molecule has 3 fully saturated rings. The van der Waals surface area contributed by atoms with Gasteiger partial charge in [0, 0.05) is 37.0 Å². The van der Waals surface area contributed by atoms with E-state index < -0.39 is 22.7 Å². The Bertz CT molecular complexity index is 1400. The van der Waals surface area contributed by atoms with E-state index in [9.17, 15) is 14.4 Å². The highest BCUT2D eigenvalue weighted by Crippen LogP contribution is 2.47. The fourth-order valence-corrected chi connectivity index (χ4v) is 7.61. The Hall–Kier alpha value is -3.42. The maximum atomic E-state index is 13.9. The molecule has 1 atom stereocenters. The maximum absolute atomic E-state index is 13.9. The molecular formula is C32H40N4O5S. The number of thiophene rings is 1. The molecule has 9 nitrogen and oxygen atoms in total. The predicted molar refractivity (Wildman–Crippen MR) is 161 cm³/mol. The number of nitrogens with one attached hydrogen (secondary N) is 1. The first-order valence-electron chi connectivity index (χ1n) is 14.7. The number of carbonyl (C=O) groups excluding carboxylic acids is 3. The molecule has 10 heteroatoms. The number of rotatable bonds is 4. The highest BCUT2D eigenvalue weighted by atomic mass is 32.1. The number of nitrogens with zero attached hydrogens (tertiary/aromatic N) is 3. The summed E-state index contributed by atoms with van der Waals surface area (Å²) in [5, 5.41) is 12.4.